The summed E-state index contributed by atoms with van der Waals surface area (Å²) in [6, 6.07) is 7.17. The summed E-state index contributed by atoms with van der Waals surface area (Å²) < 4.78 is 78.3. The van der Waals surface area contributed by atoms with Gasteiger partial charge in [0, 0.05) is 9.50 Å². The Kier molecular flexibility index (Phi) is 10.0. The van der Waals surface area contributed by atoms with E-state index in [-0.39, 0.29) is 20.6 Å². The molecule has 2 N–H and O–H groups in total. The van der Waals surface area contributed by atoms with Crippen molar-refractivity contribution in [1.82, 2.24) is 10.6 Å². The largest absolute Gasteiger partial charge is 0.405 e. The summed E-state index contributed by atoms with van der Waals surface area (Å²) in [4.78, 5) is 24.2. The van der Waals surface area contributed by atoms with Crippen LogP contribution in [0.2, 0.25) is 5.02 Å². The maximum Gasteiger partial charge on any atom is 0.405 e. The lowest BCUT2D eigenvalue weighted by atomic mass is 9.94. The van der Waals surface area contributed by atoms with Crippen LogP contribution in [0, 0.1) is 0 Å². The third-order valence-electron chi connectivity index (χ3n) is 5.02. The predicted molar refractivity (Wildman–Crippen MR) is 129 cm³/mol. The predicted octanol–water partition coefficient (Wildman–Crippen LogP) is 6.82. The first-order valence-electron chi connectivity index (χ1n) is 10.6. The molecule has 12 heteroatoms. The minimum Gasteiger partial charge on any atom is -0.345 e. The summed E-state index contributed by atoms with van der Waals surface area (Å²) in [5, 5.41) is 4.14. The Labute approximate surface area is 217 Å². The molecule has 0 spiro atoms. The minimum atomic E-state index is -4.60. The molecular formula is C24H22BrClF6N2O2. The molecule has 2 amide bonds. The Morgan fingerprint density at radius 3 is 2.31 bits per heavy atom. The van der Waals surface area contributed by atoms with Gasteiger partial charge in [0.2, 0.25) is 5.91 Å². The second-order valence-corrected chi connectivity index (χ2v) is 9.18. The van der Waals surface area contributed by atoms with Crippen LogP contribution in [0.4, 0.5) is 26.3 Å². The van der Waals surface area contributed by atoms with Crippen molar-refractivity contribution in [2.24, 2.45) is 0 Å². The van der Waals surface area contributed by atoms with Crippen molar-refractivity contribution in [3.8, 4) is 0 Å². The van der Waals surface area contributed by atoms with Crippen molar-refractivity contribution in [2.45, 2.75) is 44.6 Å². The highest BCUT2D eigenvalue weighted by atomic mass is 79.9. The van der Waals surface area contributed by atoms with Gasteiger partial charge in [-0.05, 0) is 70.2 Å². The molecule has 0 saturated carbocycles. The summed E-state index contributed by atoms with van der Waals surface area (Å²) >= 11 is 9.16. The lowest BCUT2D eigenvalue weighted by Gasteiger charge is -2.18. The fourth-order valence-electron chi connectivity index (χ4n) is 3.18. The van der Waals surface area contributed by atoms with E-state index in [9.17, 15) is 35.9 Å². The van der Waals surface area contributed by atoms with Gasteiger partial charge >= 0.3 is 12.4 Å². The number of hydrogen-bond donors (Lipinski definition) is 2. The summed E-state index contributed by atoms with van der Waals surface area (Å²) in [5.41, 5.74) is 1.05. The van der Waals surface area contributed by atoms with Gasteiger partial charge in [0.25, 0.3) is 5.91 Å². The van der Waals surface area contributed by atoms with Crippen molar-refractivity contribution in [2.75, 3.05) is 6.54 Å². The Morgan fingerprint density at radius 2 is 1.75 bits per heavy atom. The molecule has 4 nitrogen and oxygen atoms in total. The second kappa shape index (κ2) is 12.1. The lowest BCUT2D eigenvalue weighted by Crippen LogP contribution is -2.47. The molecule has 2 atom stereocenters. The van der Waals surface area contributed by atoms with Gasteiger partial charge in [-0.1, -0.05) is 42.8 Å². The molecule has 0 aliphatic carbocycles. The highest BCUT2D eigenvalue weighted by Gasteiger charge is 2.39. The summed E-state index contributed by atoms with van der Waals surface area (Å²) in [6.07, 6.45) is -6.42. The molecule has 2 unspecified atom stereocenters. The van der Waals surface area contributed by atoms with E-state index in [0.717, 1.165) is 6.08 Å². The van der Waals surface area contributed by atoms with Gasteiger partial charge in [-0.3, -0.25) is 9.59 Å². The molecule has 0 aliphatic rings. The summed E-state index contributed by atoms with van der Waals surface area (Å²) in [7, 11) is 0. The molecule has 0 heterocycles. The average molecular weight is 600 g/mol. The molecule has 0 bridgehead atoms. The highest BCUT2D eigenvalue weighted by molar-refractivity contribution is 9.10. The quantitative estimate of drug-likeness (QED) is 0.327. The zero-order valence-electron chi connectivity index (χ0n) is 19.0. The highest BCUT2D eigenvalue weighted by Crippen LogP contribution is 2.38. The van der Waals surface area contributed by atoms with Crippen molar-refractivity contribution in [3.05, 3.63) is 74.2 Å². The molecule has 2 rings (SSSR count). The number of rotatable bonds is 8. The number of amides is 2. The molecular weight excluding hydrogens is 578 g/mol. The first-order valence-corrected chi connectivity index (χ1v) is 11.8. The van der Waals surface area contributed by atoms with Crippen LogP contribution in [0.3, 0.4) is 0 Å². The van der Waals surface area contributed by atoms with Crippen LogP contribution in [0.25, 0.3) is 6.08 Å². The van der Waals surface area contributed by atoms with Gasteiger partial charge < -0.3 is 10.6 Å². The van der Waals surface area contributed by atoms with E-state index < -0.39 is 42.7 Å². The molecule has 0 radical (unpaired) electrons. The zero-order valence-corrected chi connectivity index (χ0v) is 21.4. The fourth-order valence-corrected chi connectivity index (χ4v) is 4.02. The van der Waals surface area contributed by atoms with Gasteiger partial charge in [0.15, 0.2) is 0 Å². The van der Waals surface area contributed by atoms with Crippen molar-refractivity contribution in [3.63, 3.8) is 0 Å². The standard InChI is InChI=1S/C24H22BrClF6N2O2/c1-3-14-8-16(11-17(26)9-14)19(24(30,31)32)7-5-15-4-6-18(20(25)10-15)22(36)34-13(2)21(35)33-12-23(27,28)29/h4-11,13,19H,3,12H2,1-2H3,(H,33,35)(H,34,36). The number of alkyl halides is 6. The molecule has 0 fully saturated rings. The van der Waals surface area contributed by atoms with Crippen LogP contribution in [0.1, 0.15) is 46.8 Å². The van der Waals surface area contributed by atoms with E-state index in [0.29, 0.717) is 17.5 Å². The van der Waals surface area contributed by atoms with Gasteiger partial charge in [-0.15, -0.1) is 0 Å². The van der Waals surface area contributed by atoms with Gasteiger partial charge in [-0.25, -0.2) is 0 Å². The van der Waals surface area contributed by atoms with E-state index in [4.69, 9.17) is 11.6 Å². The number of carbonyl (C=O) groups is 2. The maximum absolute atomic E-state index is 13.8. The minimum absolute atomic E-state index is 0.00375. The van der Waals surface area contributed by atoms with Gasteiger partial charge in [0.05, 0.1) is 11.5 Å². The topological polar surface area (TPSA) is 58.2 Å². The number of halogens is 8. The third kappa shape index (κ3) is 8.85. The first-order chi connectivity index (χ1) is 16.6. The molecule has 2 aromatic carbocycles. The Bertz CT molecular complexity index is 1130. The number of benzene rings is 2. The van der Waals surface area contributed by atoms with E-state index in [2.05, 4.69) is 21.2 Å². The van der Waals surface area contributed by atoms with Crippen LogP contribution >= 0.6 is 27.5 Å². The second-order valence-electron chi connectivity index (χ2n) is 7.89. The number of carbonyl (C=O) groups excluding carboxylic acids is 2. The third-order valence-corrected chi connectivity index (χ3v) is 5.90. The van der Waals surface area contributed by atoms with E-state index in [1.165, 1.54) is 43.3 Å². The first kappa shape index (κ1) is 29.7. The monoisotopic (exact) mass is 598 g/mol. The van der Waals surface area contributed by atoms with Crippen molar-refractivity contribution in [1.29, 1.82) is 0 Å². The smallest absolute Gasteiger partial charge is 0.345 e. The van der Waals surface area contributed by atoms with E-state index >= 15 is 0 Å². The van der Waals surface area contributed by atoms with Crippen LogP contribution < -0.4 is 10.6 Å². The molecule has 0 aliphatic heterocycles. The average Bonchev–Trinajstić information content (AvgIpc) is 2.75. The Balaban J connectivity index is 2.18. The molecule has 0 saturated heterocycles. The number of hydrogen-bond acceptors (Lipinski definition) is 2. The summed E-state index contributed by atoms with van der Waals surface area (Å²) in [6.45, 7) is 1.48. The van der Waals surface area contributed by atoms with Crippen LogP contribution in [0.5, 0.6) is 0 Å². The van der Waals surface area contributed by atoms with Gasteiger partial charge in [0.1, 0.15) is 12.6 Å². The Hall–Kier alpha value is -2.53. The van der Waals surface area contributed by atoms with Crippen LogP contribution in [-0.2, 0) is 11.2 Å². The molecule has 0 aromatic heterocycles. The van der Waals surface area contributed by atoms with E-state index in [1.807, 2.05) is 0 Å². The Morgan fingerprint density at radius 1 is 1.08 bits per heavy atom. The van der Waals surface area contributed by atoms with Crippen LogP contribution in [0.15, 0.2) is 46.9 Å². The van der Waals surface area contributed by atoms with Gasteiger partial charge in [-0.2, -0.15) is 26.3 Å². The van der Waals surface area contributed by atoms with Crippen molar-refractivity contribution >= 4 is 45.4 Å². The SMILES string of the molecule is CCc1cc(Cl)cc(C(C=Cc2ccc(C(=O)NC(C)C(=O)NCC(F)(F)F)c(Br)c2)C(F)(F)F)c1. The number of allylic oxidation sites excluding steroid dienone is 1. The molecule has 196 valence electrons. The lowest BCUT2D eigenvalue weighted by molar-refractivity contribution is -0.139. The molecule has 36 heavy (non-hydrogen) atoms. The number of aryl methyl sites for hydroxylation is 1. The normalized spacial score (nSPS) is 13.9. The maximum atomic E-state index is 13.8. The zero-order chi connectivity index (χ0) is 27.3. The molecule has 2 aromatic rings. The number of nitrogens with one attached hydrogen (secondary N) is 2. The van der Waals surface area contributed by atoms with Crippen LogP contribution in [-0.4, -0.2) is 36.8 Å². The fraction of sp³-hybridized carbons (Fsp3) is 0.333. The van der Waals surface area contributed by atoms with Crippen molar-refractivity contribution < 1.29 is 35.9 Å². The van der Waals surface area contributed by atoms with E-state index in [1.54, 1.807) is 18.3 Å². The summed E-state index contributed by atoms with van der Waals surface area (Å²) in [5.74, 6) is -3.70.